The first-order valence-electron chi connectivity index (χ1n) is 6.24. The van der Waals surface area contributed by atoms with E-state index in [1.807, 2.05) is 43.1 Å². The molecule has 5 heteroatoms. The van der Waals surface area contributed by atoms with Gasteiger partial charge in [-0.15, -0.1) is 0 Å². The Morgan fingerprint density at radius 1 is 1.26 bits per heavy atom. The lowest BCUT2D eigenvalue weighted by Crippen LogP contribution is -2.42. The van der Waals surface area contributed by atoms with E-state index in [0.29, 0.717) is 6.54 Å². The Morgan fingerprint density at radius 3 is 2.21 bits per heavy atom. The van der Waals surface area contributed by atoms with Crippen LogP contribution in [0.3, 0.4) is 0 Å². The summed E-state index contributed by atoms with van der Waals surface area (Å²) in [5.41, 5.74) is 7.20. The van der Waals surface area contributed by atoms with Gasteiger partial charge < -0.3 is 10.6 Å². The number of nitrogens with zero attached hydrogens (tertiary/aromatic N) is 2. The number of likely N-dealkylation sites (N-methyl/N-ethyl adjacent to an activating group) is 2. The third kappa shape index (κ3) is 4.60. The van der Waals surface area contributed by atoms with Gasteiger partial charge in [-0.05, 0) is 31.7 Å². The molecule has 0 aliphatic heterocycles. The molecule has 0 saturated heterocycles. The molecule has 0 bridgehead atoms. The summed E-state index contributed by atoms with van der Waals surface area (Å²) in [7, 11) is 5.45. The van der Waals surface area contributed by atoms with E-state index in [-0.39, 0.29) is 18.0 Å². The number of hydrogen-bond acceptors (Lipinski definition) is 3. The van der Waals surface area contributed by atoms with Crippen LogP contribution in [-0.2, 0) is 4.79 Å². The maximum atomic E-state index is 11.8. The first-order valence-corrected chi connectivity index (χ1v) is 7.03. The lowest BCUT2D eigenvalue weighted by Gasteiger charge is -2.31. The lowest BCUT2D eigenvalue weighted by atomic mass is 9.99. The van der Waals surface area contributed by atoms with E-state index in [9.17, 15) is 4.79 Å². The van der Waals surface area contributed by atoms with E-state index in [4.69, 9.17) is 5.73 Å². The van der Waals surface area contributed by atoms with Crippen molar-refractivity contribution in [2.75, 3.05) is 27.7 Å². The molecule has 0 fully saturated rings. The van der Waals surface area contributed by atoms with Crippen LogP contribution >= 0.6 is 15.9 Å². The molecular weight excluding hydrogens is 306 g/mol. The Labute approximate surface area is 123 Å². The zero-order valence-electron chi connectivity index (χ0n) is 11.9. The number of rotatable bonds is 5. The molecule has 0 heterocycles. The molecule has 0 aromatic heterocycles. The zero-order valence-corrected chi connectivity index (χ0v) is 13.5. The van der Waals surface area contributed by atoms with E-state index in [1.54, 1.807) is 19.0 Å². The molecule has 106 valence electrons. The second-order valence-corrected chi connectivity index (χ2v) is 5.97. The molecular formula is C14H22BrN3O. The van der Waals surface area contributed by atoms with Crippen LogP contribution in [0.25, 0.3) is 0 Å². The molecule has 1 aromatic carbocycles. The SMILES string of the molecule is CC(N)C(c1ccc(Br)cc1)N(C)CC(=O)N(C)C. The van der Waals surface area contributed by atoms with Gasteiger partial charge in [0.1, 0.15) is 0 Å². The fourth-order valence-corrected chi connectivity index (χ4v) is 2.34. The van der Waals surface area contributed by atoms with Crippen molar-refractivity contribution in [1.29, 1.82) is 0 Å². The molecule has 0 aliphatic carbocycles. The van der Waals surface area contributed by atoms with Gasteiger partial charge in [-0.2, -0.15) is 0 Å². The van der Waals surface area contributed by atoms with Gasteiger partial charge in [0.05, 0.1) is 6.54 Å². The van der Waals surface area contributed by atoms with Crippen molar-refractivity contribution in [2.24, 2.45) is 5.73 Å². The molecule has 1 rings (SSSR count). The summed E-state index contributed by atoms with van der Waals surface area (Å²) in [6, 6.07) is 8.03. The largest absolute Gasteiger partial charge is 0.348 e. The van der Waals surface area contributed by atoms with Gasteiger partial charge in [-0.25, -0.2) is 0 Å². The summed E-state index contributed by atoms with van der Waals surface area (Å²) >= 11 is 3.42. The number of hydrogen-bond donors (Lipinski definition) is 1. The molecule has 0 radical (unpaired) electrons. The van der Waals surface area contributed by atoms with Gasteiger partial charge in [0.15, 0.2) is 0 Å². The van der Waals surface area contributed by atoms with Gasteiger partial charge in [0.2, 0.25) is 5.91 Å². The second-order valence-electron chi connectivity index (χ2n) is 5.06. The fourth-order valence-electron chi connectivity index (χ4n) is 2.07. The Hall–Kier alpha value is -0.910. The Bertz CT molecular complexity index is 417. The zero-order chi connectivity index (χ0) is 14.6. The molecule has 0 aliphatic rings. The second kappa shape index (κ2) is 7.03. The van der Waals surface area contributed by atoms with Gasteiger partial charge in [-0.1, -0.05) is 28.1 Å². The van der Waals surface area contributed by atoms with Crippen LogP contribution in [0.2, 0.25) is 0 Å². The minimum atomic E-state index is -0.0545. The van der Waals surface area contributed by atoms with Crippen molar-refractivity contribution in [1.82, 2.24) is 9.80 Å². The highest BCUT2D eigenvalue weighted by Gasteiger charge is 2.23. The average Bonchev–Trinajstić information content (AvgIpc) is 2.31. The van der Waals surface area contributed by atoms with Crippen LogP contribution in [-0.4, -0.2) is 49.4 Å². The molecule has 1 aromatic rings. The van der Waals surface area contributed by atoms with Crippen molar-refractivity contribution in [3.05, 3.63) is 34.3 Å². The molecule has 2 N–H and O–H groups in total. The molecule has 2 atom stereocenters. The van der Waals surface area contributed by atoms with Gasteiger partial charge in [-0.3, -0.25) is 9.69 Å². The normalized spacial score (nSPS) is 14.3. The fraction of sp³-hybridized carbons (Fsp3) is 0.500. The third-order valence-electron chi connectivity index (χ3n) is 3.07. The average molecular weight is 328 g/mol. The summed E-state index contributed by atoms with van der Waals surface area (Å²) < 4.78 is 1.03. The molecule has 4 nitrogen and oxygen atoms in total. The number of carbonyl (C=O) groups excluding carboxylic acids is 1. The number of nitrogens with two attached hydrogens (primary N) is 1. The monoisotopic (exact) mass is 327 g/mol. The quantitative estimate of drug-likeness (QED) is 0.898. The maximum absolute atomic E-state index is 11.8. The van der Waals surface area contributed by atoms with Gasteiger partial charge >= 0.3 is 0 Å². The van der Waals surface area contributed by atoms with Crippen LogP contribution in [0, 0.1) is 0 Å². The molecule has 0 spiro atoms. The smallest absolute Gasteiger partial charge is 0.236 e. The molecule has 1 amide bonds. The van der Waals surface area contributed by atoms with Crippen LogP contribution in [0.4, 0.5) is 0 Å². The Kier molecular flexibility index (Phi) is 5.97. The predicted octanol–water partition coefficient (Wildman–Crippen LogP) is 1.86. The molecule has 2 unspecified atom stereocenters. The summed E-state index contributed by atoms with van der Waals surface area (Å²) in [5.74, 6) is 0.0743. The maximum Gasteiger partial charge on any atom is 0.236 e. The number of carbonyl (C=O) groups is 1. The van der Waals surface area contributed by atoms with Crippen molar-refractivity contribution in [3.63, 3.8) is 0 Å². The van der Waals surface area contributed by atoms with Crippen molar-refractivity contribution >= 4 is 21.8 Å². The van der Waals surface area contributed by atoms with E-state index in [1.165, 1.54) is 0 Å². The highest BCUT2D eigenvalue weighted by atomic mass is 79.9. The van der Waals surface area contributed by atoms with Crippen LogP contribution < -0.4 is 5.73 Å². The van der Waals surface area contributed by atoms with E-state index >= 15 is 0 Å². The summed E-state index contributed by atoms with van der Waals surface area (Å²) in [6.07, 6.45) is 0. The highest BCUT2D eigenvalue weighted by molar-refractivity contribution is 9.10. The number of amides is 1. The predicted molar refractivity (Wildman–Crippen MR) is 81.9 cm³/mol. The highest BCUT2D eigenvalue weighted by Crippen LogP contribution is 2.23. The number of benzene rings is 1. The lowest BCUT2D eigenvalue weighted by molar-refractivity contribution is -0.130. The van der Waals surface area contributed by atoms with Crippen LogP contribution in [0.5, 0.6) is 0 Å². The van der Waals surface area contributed by atoms with E-state index in [2.05, 4.69) is 15.9 Å². The molecule has 0 saturated carbocycles. The van der Waals surface area contributed by atoms with E-state index in [0.717, 1.165) is 10.0 Å². The summed E-state index contributed by atoms with van der Waals surface area (Å²) in [5, 5.41) is 0. The van der Waals surface area contributed by atoms with Crippen molar-refractivity contribution in [2.45, 2.75) is 19.0 Å². The van der Waals surface area contributed by atoms with Crippen LogP contribution in [0.15, 0.2) is 28.7 Å². The Morgan fingerprint density at radius 2 is 1.79 bits per heavy atom. The minimum absolute atomic E-state index is 0.0250. The van der Waals surface area contributed by atoms with Gasteiger partial charge in [0, 0.05) is 30.7 Å². The van der Waals surface area contributed by atoms with Crippen molar-refractivity contribution in [3.8, 4) is 0 Å². The van der Waals surface area contributed by atoms with E-state index < -0.39 is 0 Å². The minimum Gasteiger partial charge on any atom is -0.348 e. The Balaban J connectivity index is 2.88. The van der Waals surface area contributed by atoms with Gasteiger partial charge in [0.25, 0.3) is 0 Å². The van der Waals surface area contributed by atoms with Crippen molar-refractivity contribution < 1.29 is 4.79 Å². The third-order valence-corrected chi connectivity index (χ3v) is 3.60. The first-order chi connectivity index (χ1) is 8.82. The topological polar surface area (TPSA) is 49.6 Å². The molecule has 19 heavy (non-hydrogen) atoms. The standard InChI is InChI=1S/C14H22BrN3O/c1-10(16)14(11-5-7-12(15)8-6-11)18(4)9-13(19)17(2)3/h5-8,10,14H,9,16H2,1-4H3. The number of halogens is 1. The van der Waals surface area contributed by atoms with Crippen LogP contribution in [0.1, 0.15) is 18.5 Å². The summed E-state index contributed by atoms with van der Waals surface area (Å²) in [6.45, 7) is 2.32. The first kappa shape index (κ1) is 16.1. The summed E-state index contributed by atoms with van der Waals surface area (Å²) in [4.78, 5) is 15.4.